The minimum absolute atomic E-state index is 0.257. The number of aliphatic imine (C=N–C) groups is 1. The van der Waals surface area contributed by atoms with Gasteiger partial charge in [0.2, 0.25) is 0 Å². The zero-order valence-electron chi connectivity index (χ0n) is 8.31. The molecule has 14 heavy (non-hydrogen) atoms. The Bertz CT molecular complexity index is 319. The van der Waals surface area contributed by atoms with E-state index in [1.165, 1.54) is 6.21 Å². The molecule has 74 valence electrons. The van der Waals surface area contributed by atoms with E-state index in [1.807, 2.05) is 37.3 Å². The molecule has 0 bridgehead atoms. The van der Waals surface area contributed by atoms with E-state index in [2.05, 4.69) is 4.99 Å². The predicted molar refractivity (Wildman–Crippen MR) is 55.5 cm³/mol. The van der Waals surface area contributed by atoms with Gasteiger partial charge in [0.05, 0.1) is 0 Å². The maximum absolute atomic E-state index is 11.0. The Morgan fingerprint density at radius 2 is 2.07 bits per heavy atom. The highest BCUT2D eigenvalue weighted by Crippen LogP contribution is 2.16. The van der Waals surface area contributed by atoms with E-state index in [0.717, 1.165) is 5.56 Å². The Morgan fingerprint density at radius 1 is 1.43 bits per heavy atom. The molecule has 0 spiro atoms. The largest absolute Gasteiger partial charge is 0.440 e. The van der Waals surface area contributed by atoms with Gasteiger partial charge < -0.3 is 4.74 Å². The lowest BCUT2D eigenvalue weighted by Crippen LogP contribution is -2.04. The first-order valence-corrected chi connectivity index (χ1v) is 4.48. The first-order chi connectivity index (χ1) is 6.74. The highest BCUT2D eigenvalue weighted by Gasteiger charge is 2.08. The molecule has 0 fully saturated rings. The van der Waals surface area contributed by atoms with Gasteiger partial charge in [0.1, 0.15) is 6.10 Å². The third kappa shape index (κ3) is 3.01. The molecule has 1 atom stereocenters. The standard InChI is InChI=1S/C11H13NO2/c1-3-12-11(13)14-9(2)10-7-5-4-6-8-10/h3-9H,1-2H3. The second-order valence-electron chi connectivity index (χ2n) is 2.82. The SMILES string of the molecule is CC=NC(=O)OC(C)c1ccccc1. The van der Waals surface area contributed by atoms with Gasteiger partial charge in [0.15, 0.2) is 0 Å². The van der Waals surface area contributed by atoms with Crippen LogP contribution in [0, 0.1) is 0 Å². The minimum atomic E-state index is -0.552. The van der Waals surface area contributed by atoms with Crippen LogP contribution in [0.2, 0.25) is 0 Å². The van der Waals surface area contributed by atoms with Crippen molar-refractivity contribution in [1.82, 2.24) is 0 Å². The molecule has 0 aliphatic rings. The topological polar surface area (TPSA) is 38.7 Å². The summed E-state index contributed by atoms with van der Waals surface area (Å²) in [5.41, 5.74) is 0.965. The summed E-state index contributed by atoms with van der Waals surface area (Å²) < 4.78 is 5.04. The summed E-state index contributed by atoms with van der Waals surface area (Å²) in [5, 5.41) is 0. The first kappa shape index (κ1) is 10.4. The third-order valence-corrected chi connectivity index (χ3v) is 1.78. The lowest BCUT2D eigenvalue weighted by atomic mass is 10.1. The maximum Gasteiger partial charge on any atom is 0.433 e. The Labute approximate surface area is 83.4 Å². The van der Waals surface area contributed by atoms with Crippen molar-refractivity contribution in [1.29, 1.82) is 0 Å². The van der Waals surface area contributed by atoms with Crippen LogP contribution < -0.4 is 0 Å². The number of carbonyl (C=O) groups excluding carboxylic acids is 1. The van der Waals surface area contributed by atoms with Crippen molar-refractivity contribution in [3.05, 3.63) is 35.9 Å². The van der Waals surface area contributed by atoms with Crippen LogP contribution in [0.5, 0.6) is 0 Å². The van der Waals surface area contributed by atoms with Crippen LogP contribution in [0.4, 0.5) is 4.79 Å². The van der Waals surface area contributed by atoms with Crippen molar-refractivity contribution in [2.24, 2.45) is 4.99 Å². The molecule has 3 nitrogen and oxygen atoms in total. The van der Waals surface area contributed by atoms with E-state index in [9.17, 15) is 4.79 Å². The van der Waals surface area contributed by atoms with E-state index in [4.69, 9.17) is 4.74 Å². The zero-order valence-corrected chi connectivity index (χ0v) is 8.31. The zero-order chi connectivity index (χ0) is 10.4. The van der Waals surface area contributed by atoms with Crippen molar-refractivity contribution >= 4 is 12.3 Å². The average Bonchev–Trinajstić information content (AvgIpc) is 2.19. The minimum Gasteiger partial charge on any atom is -0.440 e. The Balaban J connectivity index is 2.59. The molecule has 3 heteroatoms. The smallest absolute Gasteiger partial charge is 0.433 e. The molecular formula is C11H13NO2. The quantitative estimate of drug-likeness (QED) is 0.674. The molecule has 1 rings (SSSR count). The molecule has 0 saturated heterocycles. The summed E-state index contributed by atoms with van der Waals surface area (Å²) in [6.45, 7) is 3.49. The van der Waals surface area contributed by atoms with Gasteiger partial charge in [-0.15, -0.1) is 0 Å². The fourth-order valence-corrected chi connectivity index (χ4v) is 1.08. The van der Waals surface area contributed by atoms with Crippen molar-refractivity contribution < 1.29 is 9.53 Å². The van der Waals surface area contributed by atoms with E-state index >= 15 is 0 Å². The maximum atomic E-state index is 11.0. The number of hydrogen-bond donors (Lipinski definition) is 0. The summed E-state index contributed by atoms with van der Waals surface area (Å²) in [4.78, 5) is 14.5. The molecule has 0 aromatic heterocycles. The van der Waals surface area contributed by atoms with Crippen molar-refractivity contribution in [3.63, 3.8) is 0 Å². The number of rotatable bonds is 2. The number of carbonyl (C=O) groups is 1. The van der Waals surface area contributed by atoms with Gasteiger partial charge in [-0.25, -0.2) is 4.79 Å². The van der Waals surface area contributed by atoms with Crippen molar-refractivity contribution in [2.45, 2.75) is 20.0 Å². The predicted octanol–water partition coefficient (Wildman–Crippen LogP) is 2.97. The molecule has 1 amide bonds. The van der Waals surface area contributed by atoms with E-state index in [-0.39, 0.29) is 6.10 Å². The number of hydrogen-bond acceptors (Lipinski definition) is 2. The number of ether oxygens (including phenoxy) is 1. The Hall–Kier alpha value is -1.64. The summed E-state index contributed by atoms with van der Waals surface area (Å²) in [7, 11) is 0. The van der Waals surface area contributed by atoms with Gasteiger partial charge in [0, 0.05) is 6.21 Å². The van der Waals surface area contributed by atoms with E-state index in [0.29, 0.717) is 0 Å². The highest BCUT2D eigenvalue weighted by molar-refractivity contribution is 5.78. The average molecular weight is 191 g/mol. The normalized spacial score (nSPS) is 12.7. The number of amides is 1. The third-order valence-electron chi connectivity index (χ3n) is 1.78. The van der Waals surface area contributed by atoms with Crippen LogP contribution >= 0.6 is 0 Å². The molecule has 0 N–H and O–H groups in total. The van der Waals surface area contributed by atoms with E-state index < -0.39 is 6.09 Å². The van der Waals surface area contributed by atoms with Crippen LogP contribution in [0.1, 0.15) is 25.5 Å². The van der Waals surface area contributed by atoms with Gasteiger partial charge in [-0.05, 0) is 19.4 Å². The monoisotopic (exact) mass is 191 g/mol. The summed E-state index contributed by atoms with van der Waals surface area (Å²) in [6.07, 6.45) is 0.608. The van der Waals surface area contributed by atoms with Crippen LogP contribution in [0.15, 0.2) is 35.3 Å². The fourth-order valence-electron chi connectivity index (χ4n) is 1.08. The molecule has 1 aromatic rings. The molecule has 1 unspecified atom stereocenters. The Kier molecular flexibility index (Phi) is 3.85. The van der Waals surface area contributed by atoms with Crippen LogP contribution in [-0.4, -0.2) is 12.3 Å². The van der Waals surface area contributed by atoms with Gasteiger partial charge >= 0.3 is 6.09 Å². The van der Waals surface area contributed by atoms with Gasteiger partial charge in [-0.2, -0.15) is 4.99 Å². The summed E-state index contributed by atoms with van der Waals surface area (Å²) in [5.74, 6) is 0. The Morgan fingerprint density at radius 3 is 2.64 bits per heavy atom. The fraction of sp³-hybridized carbons (Fsp3) is 0.273. The molecule has 0 aliphatic carbocycles. The van der Waals surface area contributed by atoms with E-state index in [1.54, 1.807) is 6.92 Å². The van der Waals surface area contributed by atoms with Gasteiger partial charge in [-0.3, -0.25) is 0 Å². The highest BCUT2D eigenvalue weighted by atomic mass is 16.6. The molecule has 0 radical (unpaired) electrons. The van der Waals surface area contributed by atoms with Crippen LogP contribution in [0.3, 0.4) is 0 Å². The van der Waals surface area contributed by atoms with Crippen LogP contribution in [-0.2, 0) is 4.74 Å². The molecule has 0 heterocycles. The van der Waals surface area contributed by atoms with Crippen molar-refractivity contribution in [3.8, 4) is 0 Å². The lowest BCUT2D eigenvalue weighted by Gasteiger charge is -2.10. The van der Waals surface area contributed by atoms with Crippen LogP contribution in [0.25, 0.3) is 0 Å². The summed E-state index contributed by atoms with van der Waals surface area (Å²) in [6, 6.07) is 9.55. The first-order valence-electron chi connectivity index (χ1n) is 4.48. The molecule has 0 saturated carbocycles. The number of benzene rings is 1. The molecule has 1 aromatic carbocycles. The van der Waals surface area contributed by atoms with Crippen molar-refractivity contribution in [2.75, 3.05) is 0 Å². The second-order valence-corrected chi connectivity index (χ2v) is 2.82. The molecular weight excluding hydrogens is 178 g/mol. The van der Waals surface area contributed by atoms with Gasteiger partial charge in [-0.1, -0.05) is 30.3 Å². The summed E-state index contributed by atoms with van der Waals surface area (Å²) >= 11 is 0. The molecule has 0 aliphatic heterocycles. The van der Waals surface area contributed by atoms with Gasteiger partial charge in [0.25, 0.3) is 0 Å². The lowest BCUT2D eigenvalue weighted by molar-refractivity contribution is 0.117. The number of nitrogens with zero attached hydrogens (tertiary/aromatic N) is 1. The second kappa shape index (κ2) is 5.17.